The van der Waals surface area contributed by atoms with Gasteiger partial charge in [-0.1, -0.05) is 84.9 Å². The lowest BCUT2D eigenvalue weighted by Crippen LogP contribution is -2.47. The van der Waals surface area contributed by atoms with Gasteiger partial charge in [-0.2, -0.15) is 0 Å². The van der Waals surface area contributed by atoms with Gasteiger partial charge in [0.25, 0.3) is 0 Å². The number of benzene rings is 3. The quantitative estimate of drug-likeness (QED) is 0.229. The summed E-state index contributed by atoms with van der Waals surface area (Å²) >= 11 is 0. The summed E-state index contributed by atoms with van der Waals surface area (Å²) in [5.74, 6) is -1.36. The van der Waals surface area contributed by atoms with Crippen LogP contribution in [0.25, 0.3) is 11.1 Å². The summed E-state index contributed by atoms with van der Waals surface area (Å²) in [5, 5.41) is 0. The lowest BCUT2D eigenvalue weighted by atomic mass is 10.0. The molecule has 0 fully saturated rings. The first-order chi connectivity index (χ1) is 18.5. The van der Waals surface area contributed by atoms with E-state index in [1.54, 1.807) is 20.8 Å². The number of nitrogens with zero attached hydrogens (tertiary/aromatic N) is 1. The molecule has 0 saturated heterocycles. The van der Waals surface area contributed by atoms with Gasteiger partial charge in [0.2, 0.25) is 0 Å². The summed E-state index contributed by atoms with van der Waals surface area (Å²) < 4.78 is 16.2. The van der Waals surface area contributed by atoms with Gasteiger partial charge in [0.1, 0.15) is 18.2 Å². The highest BCUT2D eigenvalue weighted by molar-refractivity contribution is 5.84. The Labute approximate surface area is 230 Å². The van der Waals surface area contributed by atoms with Gasteiger partial charge < -0.3 is 14.2 Å². The van der Waals surface area contributed by atoms with Gasteiger partial charge in [0.05, 0.1) is 0 Å². The average molecular weight is 532 g/mol. The van der Waals surface area contributed by atoms with Crippen LogP contribution < -0.4 is 0 Å². The third-order valence-electron chi connectivity index (χ3n) is 6.04. The standard InChI is InChI=1S/C32H37NO6/c1-23(29(34)37-22-25-12-8-6-9-13-25)38-30(35)28(33(5)31(36)39-32(2,3)4)21-18-24-16-19-27(20-17-24)26-14-10-7-11-15-26/h6-17,19-20,23,28H,18,21-22H2,1-5H3/t23-,28+/m1/s1. The lowest BCUT2D eigenvalue weighted by Gasteiger charge is -2.30. The number of hydrogen-bond acceptors (Lipinski definition) is 6. The zero-order valence-corrected chi connectivity index (χ0v) is 23.3. The van der Waals surface area contributed by atoms with Crippen LogP contribution in [0.5, 0.6) is 0 Å². The molecule has 39 heavy (non-hydrogen) atoms. The summed E-state index contributed by atoms with van der Waals surface area (Å²) in [7, 11) is 1.50. The molecule has 7 heteroatoms. The number of ether oxygens (including phenoxy) is 3. The number of likely N-dealkylation sites (N-methyl/N-ethyl adjacent to an activating group) is 1. The van der Waals surface area contributed by atoms with Crippen molar-refractivity contribution in [3.8, 4) is 11.1 Å². The molecule has 0 spiro atoms. The Balaban J connectivity index is 1.67. The molecule has 0 aliphatic carbocycles. The predicted molar refractivity (Wildman–Crippen MR) is 150 cm³/mol. The second-order valence-electron chi connectivity index (χ2n) is 10.4. The molecule has 3 aromatic carbocycles. The van der Waals surface area contributed by atoms with Crippen LogP contribution in [0.1, 0.15) is 45.2 Å². The minimum Gasteiger partial charge on any atom is -0.458 e. The maximum absolute atomic E-state index is 13.2. The molecule has 0 saturated carbocycles. The number of carbonyl (C=O) groups is 3. The fourth-order valence-corrected chi connectivity index (χ4v) is 3.88. The molecule has 0 aliphatic rings. The molecule has 206 valence electrons. The van der Waals surface area contributed by atoms with E-state index in [1.165, 1.54) is 18.9 Å². The molecular weight excluding hydrogens is 494 g/mol. The van der Waals surface area contributed by atoms with Crippen LogP contribution in [-0.2, 0) is 36.8 Å². The van der Waals surface area contributed by atoms with Gasteiger partial charge in [-0.3, -0.25) is 4.90 Å². The van der Waals surface area contributed by atoms with Crippen LogP contribution in [-0.4, -0.2) is 47.7 Å². The van der Waals surface area contributed by atoms with Gasteiger partial charge in [-0.05, 0) is 62.8 Å². The SMILES string of the molecule is C[C@@H](OC(=O)[C@H](CCc1ccc(-c2ccccc2)cc1)N(C)C(=O)OC(C)(C)C)C(=O)OCc1ccccc1. The minimum atomic E-state index is -1.14. The lowest BCUT2D eigenvalue weighted by molar-refractivity contribution is -0.170. The van der Waals surface area contributed by atoms with Gasteiger partial charge >= 0.3 is 18.0 Å². The highest BCUT2D eigenvalue weighted by Gasteiger charge is 2.33. The molecule has 0 unspecified atom stereocenters. The van der Waals surface area contributed by atoms with Gasteiger partial charge in [0, 0.05) is 7.05 Å². The summed E-state index contributed by atoms with van der Waals surface area (Å²) in [6.45, 7) is 6.79. The molecule has 0 aromatic heterocycles. The molecule has 0 N–H and O–H groups in total. The summed E-state index contributed by atoms with van der Waals surface area (Å²) in [6.07, 6.45) is -0.996. The Morgan fingerprint density at radius 3 is 1.92 bits per heavy atom. The smallest absolute Gasteiger partial charge is 0.410 e. The Bertz CT molecular complexity index is 1220. The number of esters is 2. The molecule has 3 rings (SSSR count). The zero-order chi connectivity index (χ0) is 28.4. The van der Waals surface area contributed by atoms with Crippen molar-refractivity contribution in [3.63, 3.8) is 0 Å². The molecule has 3 aromatic rings. The van der Waals surface area contributed by atoms with E-state index in [2.05, 4.69) is 0 Å². The maximum atomic E-state index is 13.2. The van der Waals surface area contributed by atoms with Crippen LogP contribution in [0.3, 0.4) is 0 Å². The van der Waals surface area contributed by atoms with Crippen molar-refractivity contribution in [1.29, 1.82) is 0 Å². The third kappa shape index (κ3) is 9.28. The second kappa shape index (κ2) is 13.6. The third-order valence-corrected chi connectivity index (χ3v) is 6.04. The summed E-state index contributed by atoms with van der Waals surface area (Å²) in [4.78, 5) is 39.7. The Hall–Kier alpha value is -4.13. The van der Waals surface area contributed by atoms with Crippen LogP contribution in [0.2, 0.25) is 0 Å². The molecular formula is C32H37NO6. The van der Waals surface area contributed by atoms with Gasteiger partial charge in [-0.15, -0.1) is 0 Å². The molecule has 2 atom stereocenters. The topological polar surface area (TPSA) is 82.1 Å². The summed E-state index contributed by atoms with van der Waals surface area (Å²) in [6, 6.07) is 26.4. The molecule has 7 nitrogen and oxygen atoms in total. The predicted octanol–water partition coefficient (Wildman–Crippen LogP) is 6.20. The molecule has 1 amide bonds. The van der Waals surface area contributed by atoms with Crippen molar-refractivity contribution in [3.05, 3.63) is 96.1 Å². The van der Waals surface area contributed by atoms with Crippen molar-refractivity contribution in [2.24, 2.45) is 0 Å². The normalized spacial score (nSPS) is 12.6. The van der Waals surface area contributed by atoms with E-state index in [0.717, 1.165) is 22.3 Å². The van der Waals surface area contributed by atoms with E-state index in [-0.39, 0.29) is 13.0 Å². The Morgan fingerprint density at radius 1 is 0.769 bits per heavy atom. The molecule has 0 bridgehead atoms. The number of amides is 1. The number of hydrogen-bond donors (Lipinski definition) is 0. The number of rotatable bonds is 10. The maximum Gasteiger partial charge on any atom is 0.410 e. The van der Waals surface area contributed by atoms with Crippen LogP contribution in [0.4, 0.5) is 4.79 Å². The summed E-state index contributed by atoms with van der Waals surface area (Å²) in [5.41, 5.74) is 3.29. The van der Waals surface area contributed by atoms with Crippen molar-refractivity contribution in [1.82, 2.24) is 4.90 Å². The Morgan fingerprint density at radius 2 is 1.33 bits per heavy atom. The van der Waals surface area contributed by atoms with E-state index in [4.69, 9.17) is 14.2 Å². The minimum absolute atomic E-state index is 0.0712. The monoisotopic (exact) mass is 531 g/mol. The second-order valence-corrected chi connectivity index (χ2v) is 10.4. The number of aryl methyl sites for hydroxylation is 1. The first-order valence-corrected chi connectivity index (χ1v) is 13.0. The van der Waals surface area contributed by atoms with E-state index < -0.39 is 35.8 Å². The fraction of sp³-hybridized carbons (Fsp3) is 0.344. The van der Waals surface area contributed by atoms with E-state index in [1.807, 2.05) is 84.9 Å². The molecule has 0 aliphatic heterocycles. The van der Waals surface area contributed by atoms with Crippen LogP contribution in [0, 0.1) is 0 Å². The van der Waals surface area contributed by atoms with Crippen molar-refractivity contribution >= 4 is 18.0 Å². The van der Waals surface area contributed by atoms with E-state index in [9.17, 15) is 14.4 Å². The van der Waals surface area contributed by atoms with Gasteiger partial charge in [0.15, 0.2) is 6.10 Å². The van der Waals surface area contributed by atoms with Crippen LogP contribution in [0.15, 0.2) is 84.9 Å². The molecule has 0 radical (unpaired) electrons. The number of carbonyl (C=O) groups excluding carboxylic acids is 3. The first kappa shape index (κ1) is 29.4. The van der Waals surface area contributed by atoms with Crippen LogP contribution >= 0.6 is 0 Å². The van der Waals surface area contributed by atoms with Crippen molar-refractivity contribution < 1.29 is 28.6 Å². The average Bonchev–Trinajstić information content (AvgIpc) is 2.92. The largest absolute Gasteiger partial charge is 0.458 e. The molecule has 0 heterocycles. The van der Waals surface area contributed by atoms with Crippen molar-refractivity contribution in [2.75, 3.05) is 7.05 Å². The van der Waals surface area contributed by atoms with Gasteiger partial charge in [-0.25, -0.2) is 14.4 Å². The van der Waals surface area contributed by atoms with E-state index >= 15 is 0 Å². The fourth-order valence-electron chi connectivity index (χ4n) is 3.88. The Kier molecular flexibility index (Phi) is 10.3. The highest BCUT2D eigenvalue weighted by Crippen LogP contribution is 2.21. The zero-order valence-electron chi connectivity index (χ0n) is 23.3. The van der Waals surface area contributed by atoms with E-state index in [0.29, 0.717) is 6.42 Å². The van der Waals surface area contributed by atoms with Crippen molar-refractivity contribution in [2.45, 2.75) is 64.9 Å². The first-order valence-electron chi connectivity index (χ1n) is 13.0. The highest BCUT2D eigenvalue weighted by atomic mass is 16.6.